The van der Waals surface area contributed by atoms with E-state index < -0.39 is 12.5 Å². The third kappa shape index (κ3) is 6.25. The van der Waals surface area contributed by atoms with Gasteiger partial charge < -0.3 is 14.2 Å². The Hall–Kier alpha value is -3.16. The molecule has 0 aliphatic rings. The summed E-state index contributed by atoms with van der Waals surface area (Å²) in [5.41, 5.74) is 3.65. The van der Waals surface area contributed by atoms with E-state index in [1.807, 2.05) is 19.1 Å². The van der Waals surface area contributed by atoms with Crippen molar-refractivity contribution in [3.05, 3.63) is 53.6 Å². The highest BCUT2D eigenvalue weighted by Crippen LogP contribution is 2.31. The lowest BCUT2D eigenvalue weighted by Gasteiger charge is -2.12. The van der Waals surface area contributed by atoms with Gasteiger partial charge in [-0.2, -0.15) is 13.9 Å². The van der Waals surface area contributed by atoms with Gasteiger partial charge in [0.2, 0.25) is 0 Å². The Morgan fingerprint density at radius 3 is 2.59 bits per heavy atom. The summed E-state index contributed by atoms with van der Waals surface area (Å²) in [6.45, 7) is -1.21. The van der Waals surface area contributed by atoms with Crippen LogP contribution in [0, 0.1) is 0 Å². The summed E-state index contributed by atoms with van der Waals surface area (Å²) in [6, 6.07) is 12.0. The normalized spacial score (nSPS) is 10.9. The lowest BCUT2D eigenvalue weighted by atomic mass is 10.2. The number of ether oxygens (including phenoxy) is 3. The van der Waals surface area contributed by atoms with E-state index in [9.17, 15) is 13.6 Å². The summed E-state index contributed by atoms with van der Waals surface area (Å²) in [5.74, 6) is 0.0292. The second-order valence-corrected chi connectivity index (χ2v) is 5.34. The van der Waals surface area contributed by atoms with Crippen molar-refractivity contribution >= 4 is 12.1 Å². The van der Waals surface area contributed by atoms with E-state index in [-0.39, 0.29) is 23.7 Å². The van der Waals surface area contributed by atoms with Crippen LogP contribution in [-0.2, 0) is 11.2 Å². The predicted molar refractivity (Wildman–Crippen MR) is 96.7 cm³/mol. The third-order valence-corrected chi connectivity index (χ3v) is 3.53. The van der Waals surface area contributed by atoms with E-state index >= 15 is 0 Å². The summed E-state index contributed by atoms with van der Waals surface area (Å²) in [5, 5.41) is 3.74. The van der Waals surface area contributed by atoms with Crippen molar-refractivity contribution in [3.63, 3.8) is 0 Å². The number of para-hydroxylation sites is 1. The number of benzene rings is 2. The van der Waals surface area contributed by atoms with Gasteiger partial charge in [-0.3, -0.25) is 4.79 Å². The van der Waals surface area contributed by atoms with E-state index in [0.717, 1.165) is 12.0 Å². The number of aryl methyl sites for hydroxylation is 1. The molecule has 0 unspecified atom stereocenters. The monoisotopic (exact) mass is 378 g/mol. The number of carbonyl (C=O) groups is 1. The molecule has 8 heteroatoms. The fourth-order valence-corrected chi connectivity index (χ4v) is 2.19. The molecule has 0 fully saturated rings. The molecule has 2 aromatic rings. The minimum absolute atomic E-state index is 0.129. The molecule has 0 saturated carbocycles. The molecule has 27 heavy (non-hydrogen) atoms. The molecule has 0 saturated heterocycles. The Balaban J connectivity index is 1.93. The van der Waals surface area contributed by atoms with Crippen molar-refractivity contribution < 1.29 is 27.8 Å². The Labute approximate surface area is 155 Å². The van der Waals surface area contributed by atoms with Gasteiger partial charge in [0.25, 0.3) is 5.91 Å². The Kier molecular flexibility index (Phi) is 7.54. The average Bonchev–Trinajstić information content (AvgIpc) is 2.67. The Morgan fingerprint density at radius 1 is 1.22 bits per heavy atom. The minimum Gasteiger partial charge on any atom is -0.493 e. The maximum absolute atomic E-state index is 12.6. The highest BCUT2D eigenvalue weighted by atomic mass is 19.3. The van der Waals surface area contributed by atoms with Gasteiger partial charge in [-0.05, 0) is 36.2 Å². The van der Waals surface area contributed by atoms with Gasteiger partial charge in [-0.15, -0.1) is 0 Å². The predicted octanol–water partition coefficient (Wildman–Crippen LogP) is 3.39. The standard InChI is InChI=1S/C19H20F2N2O4/c1-3-13-7-9-15(10-8-13)26-12-17(24)23-22-11-14-5-4-6-16(25-2)18(14)27-19(20)21/h4-11,19H,3,12H2,1-2H3,(H,23,24)/b22-11-. The molecular formula is C19H20F2N2O4. The Morgan fingerprint density at radius 2 is 1.96 bits per heavy atom. The van der Waals surface area contributed by atoms with Crippen LogP contribution in [0.15, 0.2) is 47.6 Å². The number of nitrogens with one attached hydrogen (secondary N) is 1. The highest BCUT2D eigenvalue weighted by molar-refractivity contribution is 5.86. The number of methoxy groups -OCH3 is 1. The van der Waals surface area contributed by atoms with E-state index in [2.05, 4.69) is 15.3 Å². The summed E-state index contributed by atoms with van der Waals surface area (Å²) in [6.07, 6.45) is 2.10. The smallest absolute Gasteiger partial charge is 0.387 e. The van der Waals surface area contributed by atoms with Gasteiger partial charge in [0.05, 0.1) is 13.3 Å². The first-order chi connectivity index (χ1) is 13.0. The van der Waals surface area contributed by atoms with Crippen LogP contribution in [0.1, 0.15) is 18.1 Å². The maximum atomic E-state index is 12.6. The molecule has 0 aliphatic heterocycles. The number of hydrazone groups is 1. The molecule has 2 aromatic carbocycles. The number of halogens is 2. The molecule has 0 bridgehead atoms. The molecule has 6 nitrogen and oxygen atoms in total. The van der Waals surface area contributed by atoms with Crippen LogP contribution >= 0.6 is 0 Å². The number of carbonyl (C=O) groups excluding carboxylic acids is 1. The van der Waals surface area contributed by atoms with Crippen molar-refractivity contribution in [1.82, 2.24) is 5.43 Å². The molecule has 1 N–H and O–H groups in total. The molecule has 144 valence electrons. The number of hydrogen-bond donors (Lipinski definition) is 1. The lowest BCUT2D eigenvalue weighted by Crippen LogP contribution is -2.24. The van der Waals surface area contributed by atoms with E-state index in [4.69, 9.17) is 9.47 Å². The summed E-state index contributed by atoms with van der Waals surface area (Å²) >= 11 is 0. The second-order valence-electron chi connectivity index (χ2n) is 5.34. The molecular weight excluding hydrogens is 358 g/mol. The zero-order valence-corrected chi connectivity index (χ0v) is 14.9. The van der Waals surface area contributed by atoms with Crippen LogP contribution in [0.2, 0.25) is 0 Å². The van der Waals surface area contributed by atoms with Crippen LogP contribution in [0.3, 0.4) is 0 Å². The molecule has 0 aromatic heterocycles. The molecule has 0 atom stereocenters. The number of hydrogen-bond acceptors (Lipinski definition) is 5. The largest absolute Gasteiger partial charge is 0.493 e. The van der Waals surface area contributed by atoms with Crippen LogP contribution in [0.4, 0.5) is 8.78 Å². The molecule has 0 radical (unpaired) electrons. The zero-order chi connectivity index (χ0) is 19.6. The van der Waals surface area contributed by atoms with E-state index in [1.165, 1.54) is 25.5 Å². The SMILES string of the molecule is CCc1ccc(OCC(=O)N/N=C\c2cccc(OC)c2OC(F)F)cc1. The molecule has 0 spiro atoms. The van der Waals surface area contributed by atoms with Crippen LogP contribution in [-0.4, -0.2) is 32.4 Å². The van der Waals surface area contributed by atoms with Gasteiger partial charge in [-0.1, -0.05) is 25.1 Å². The fraction of sp³-hybridized carbons (Fsp3) is 0.263. The average molecular weight is 378 g/mol. The second kappa shape index (κ2) is 10.1. The fourth-order valence-electron chi connectivity index (χ4n) is 2.19. The molecule has 2 rings (SSSR count). The molecule has 0 aliphatic carbocycles. The van der Waals surface area contributed by atoms with Gasteiger partial charge in [0.1, 0.15) is 5.75 Å². The zero-order valence-electron chi connectivity index (χ0n) is 14.9. The van der Waals surface area contributed by atoms with Crippen LogP contribution in [0.5, 0.6) is 17.2 Å². The topological polar surface area (TPSA) is 69.2 Å². The van der Waals surface area contributed by atoms with Gasteiger partial charge in [0.15, 0.2) is 18.1 Å². The first-order valence-corrected chi connectivity index (χ1v) is 8.19. The number of amides is 1. The number of rotatable bonds is 9. The highest BCUT2D eigenvalue weighted by Gasteiger charge is 2.14. The summed E-state index contributed by atoms with van der Waals surface area (Å²) in [7, 11) is 1.33. The van der Waals surface area contributed by atoms with Gasteiger partial charge in [0, 0.05) is 5.56 Å². The third-order valence-electron chi connectivity index (χ3n) is 3.53. The van der Waals surface area contributed by atoms with E-state index in [1.54, 1.807) is 18.2 Å². The number of nitrogens with zero attached hydrogens (tertiary/aromatic N) is 1. The van der Waals surface area contributed by atoms with Crippen molar-refractivity contribution in [2.45, 2.75) is 20.0 Å². The van der Waals surface area contributed by atoms with Crippen molar-refractivity contribution in [1.29, 1.82) is 0 Å². The quantitative estimate of drug-likeness (QED) is 0.536. The first kappa shape index (κ1) is 20.2. The van der Waals surface area contributed by atoms with E-state index in [0.29, 0.717) is 5.75 Å². The van der Waals surface area contributed by atoms with Crippen molar-refractivity contribution in [3.8, 4) is 17.2 Å². The van der Waals surface area contributed by atoms with Gasteiger partial charge in [-0.25, -0.2) is 5.43 Å². The first-order valence-electron chi connectivity index (χ1n) is 8.19. The minimum atomic E-state index is -3.02. The van der Waals surface area contributed by atoms with Crippen LogP contribution in [0.25, 0.3) is 0 Å². The summed E-state index contributed by atoms with van der Waals surface area (Å²) in [4.78, 5) is 11.8. The maximum Gasteiger partial charge on any atom is 0.387 e. The molecule has 0 heterocycles. The van der Waals surface area contributed by atoms with Crippen molar-refractivity contribution in [2.24, 2.45) is 5.10 Å². The lowest BCUT2D eigenvalue weighted by molar-refractivity contribution is -0.123. The Bertz CT molecular complexity index is 780. The van der Waals surface area contributed by atoms with Crippen molar-refractivity contribution in [2.75, 3.05) is 13.7 Å². The van der Waals surface area contributed by atoms with Gasteiger partial charge >= 0.3 is 6.61 Å². The number of alkyl halides is 2. The summed E-state index contributed by atoms with van der Waals surface area (Å²) < 4.78 is 39.9. The van der Waals surface area contributed by atoms with Crippen LogP contribution < -0.4 is 19.6 Å². The molecule has 1 amide bonds.